The topological polar surface area (TPSA) is 52.5 Å². The number of rotatable bonds is 4. The zero-order chi connectivity index (χ0) is 11.4. The molecule has 0 aromatic heterocycles. The van der Waals surface area contributed by atoms with Gasteiger partial charge in [0.05, 0.1) is 23.4 Å². The molecule has 0 fully saturated rings. The fourth-order valence-corrected chi connectivity index (χ4v) is 1.81. The van der Waals surface area contributed by atoms with Crippen molar-refractivity contribution in [1.82, 2.24) is 0 Å². The van der Waals surface area contributed by atoms with Gasteiger partial charge in [0, 0.05) is 6.54 Å². The minimum Gasteiger partial charge on any atom is -0.394 e. The van der Waals surface area contributed by atoms with E-state index in [9.17, 15) is 5.11 Å². The first kappa shape index (κ1) is 12.3. The molecular formula is C11H16ClNO2. The van der Waals surface area contributed by atoms with E-state index in [4.69, 9.17) is 16.7 Å². The first-order chi connectivity index (χ1) is 7.04. The molecule has 0 amide bonds. The summed E-state index contributed by atoms with van der Waals surface area (Å²) in [6.07, 6.45) is -0.762. The van der Waals surface area contributed by atoms with Crippen LogP contribution in [-0.2, 0) is 0 Å². The molecule has 4 heteroatoms. The van der Waals surface area contributed by atoms with E-state index in [1.807, 2.05) is 26.0 Å². The van der Waals surface area contributed by atoms with Crippen LogP contribution >= 0.6 is 11.6 Å². The predicted octanol–water partition coefficient (Wildman–Crippen LogP) is 1.72. The molecule has 0 saturated heterocycles. The lowest BCUT2D eigenvalue weighted by Gasteiger charge is -2.14. The highest BCUT2D eigenvalue weighted by Crippen LogP contribution is 2.27. The Morgan fingerprint density at radius 2 is 2.07 bits per heavy atom. The van der Waals surface area contributed by atoms with E-state index >= 15 is 0 Å². The third-order valence-electron chi connectivity index (χ3n) is 2.16. The van der Waals surface area contributed by atoms with Crippen molar-refractivity contribution in [3.8, 4) is 0 Å². The number of benzene rings is 1. The summed E-state index contributed by atoms with van der Waals surface area (Å²) in [6, 6.07) is 3.88. The van der Waals surface area contributed by atoms with Gasteiger partial charge in [0.15, 0.2) is 0 Å². The second-order valence-electron chi connectivity index (χ2n) is 3.66. The smallest absolute Gasteiger partial charge is 0.0942 e. The Labute approximate surface area is 94.7 Å². The maximum Gasteiger partial charge on any atom is 0.0942 e. The van der Waals surface area contributed by atoms with Gasteiger partial charge in [-0.3, -0.25) is 0 Å². The van der Waals surface area contributed by atoms with Crippen LogP contribution in [-0.4, -0.2) is 29.5 Å². The third kappa shape index (κ3) is 3.38. The first-order valence-corrected chi connectivity index (χ1v) is 5.22. The molecule has 84 valence electrons. The highest BCUT2D eigenvalue weighted by Gasteiger charge is 2.07. The number of aliphatic hydroxyl groups is 2. The zero-order valence-electron chi connectivity index (χ0n) is 8.92. The number of halogens is 1. The molecule has 1 aromatic carbocycles. The number of hydrogen-bond donors (Lipinski definition) is 3. The van der Waals surface area contributed by atoms with Crippen LogP contribution < -0.4 is 5.32 Å². The van der Waals surface area contributed by atoms with Gasteiger partial charge < -0.3 is 15.5 Å². The van der Waals surface area contributed by atoms with Crippen molar-refractivity contribution >= 4 is 17.3 Å². The van der Waals surface area contributed by atoms with Crippen molar-refractivity contribution < 1.29 is 10.2 Å². The largest absolute Gasteiger partial charge is 0.394 e. The maximum absolute atomic E-state index is 9.20. The molecule has 15 heavy (non-hydrogen) atoms. The fourth-order valence-electron chi connectivity index (χ4n) is 1.42. The van der Waals surface area contributed by atoms with E-state index in [0.29, 0.717) is 11.6 Å². The summed E-state index contributed by atoms with van der Waals surface area (Å²) in [5.74, 6) is 0. The molecule has 1 aromatic rings. The molecular weight excluding hydrogens is 214 g/mol. The van der Waals surface area contributed by atoms with Gasteiger partial charge in [-0.2, -0.15) is 0 Å². The van der Waals surface area contributed by atoms with Gasteiger partial charge in [-0.1, -0.05) is 17.7 Å². The molecule has 3 nitrogen and oxygen atoms in total. The summed E-state index contributed by atoms with van der Waals surface area (Å²) < 4.78 is 0. The van der Waals surface area contributed by atoms with Crippen LogP contribution in [0.25, 0.3) is 0 Å². The molecule has 1 rings (SSSR count). The Morgan fingerprint density at radius 1 is 1.40 bits per heavy atom. The fraction of sp³-hybridized carbons (Fsp3) is 0.455. The second-order valence-corrected chi connectivity index (χ2v) is 4.06. The summed E-state index contributed by atoms with van der Waals surface area (Å²) in [6.45, 7) is 3.97. The second kappa shape index (κ2) is 5.35. The van der Waals surface area contributed by atoms with Crippen LogP contribution in [0.1, 0.15) is 11.1 Å². The van der Waals surface area contributed by atoms with E-state index in [-0.39, 0.29) is 6.61 Å². The van der Waals surface area contributed by atoms with Crippen molar-refractivity contribution in [2.24, 2.45) is 0 Å². The quantitative estimate of drug-likeness (QED) is 0.737. The lowest BCUT2D eigenvalue weighted by atomic mass is 10.1. The number of aliphatic hydroxyl groups excluding tert-OH is 2. The molecule has 1 unspecified atom stereocenters. The van der Waals surface area contributed by atoms with Gasteiger partial charge in [0.1, 0.15) is 0 Å². The molecule has 1 atom stereocenters. The van der Waals surface area contributed by atoms with Gasteiger partial charge in [-0.15, -0.1) is 0 Å². The SMILES string of the molecule is Cc1cc(C)c(NCC(O)CO)c(Cl)c1. The highest BCUT2D eigenvalue weighted by atomic mass is 35.5. The Bertz CT molecular complexity index is 318. The van der Waals surface area contributed by atoms with Gasteiger partial charge in [0.2, 0.25) is 0 Å². The van der Waals surface area contributed by atoms with Gasteiger partial charge in [-0.25, -0.2) is 0 Å². The summed E-state index contributed by atoms with van der Waals surface area (Å²) in [7, 11) is 0. The Hall–Kier alpha value is -0.770. The van der Waals surface area contributed by atoms with Crippen LogP contribution in [0.2, 0.25) is 5.02 Å². The van der Waals surface area contributed by atoms with Gasteiger partial charge in [0.25, 0.3) is 0 Å². The number of nitrogens with one attached hydrogen (secondary N) is 1. The minimum atomic E-state index is -0.762. The zero-order valence-corrected chi connectivity index (χ0v) is 9.67. The summed E-state index contributed by atoms with van der Waals surface area (Å²) >= 11 is 6.05. The standard InChI is InChI=1S/C11H16ClNO2/c1-7-3-8(2)11(10(12)4-7)13-5-9(15)6-14/h3-4,9,13-15H,5-6H2,1-2H3. The molecule has 0 spiro atoms. The maximum atomic E-state index is 9.20. The van der Waals surface area contributed by atoms with Crippen LogP contribution in [0, 0.1) is 13.8 Å². The van der Waals surface area contributed by atoms with Gasteiger partial charge >= 0.3 is 0 Å². The Morgan fingerprint density at radius 3 is 2.60 bits per heavy atom. The van der Waals surface area contributed by atoms with E-state index < -0.39 is 6.10 Å². The van der Waals surface area contributed by atoms with Crippen LogP contribution in [0.4, 0.5) is 5.69 Å². The molecule has 0 heterocycles. The van der Waals surface area contributed by atoms with Crippen molar-refractivity contribution in [3.05, 3.63) is 28.3 Å². The van der Waals surface area contributed by atoms with E-state index in [2.05, 4.69) is 5.32 Å². The molecule has 0 bridgehead atoms. The predicted molar refractivity (Wildman–Crippen MR) is 62.5 cm³/mol. The van der Waals surface area contributed by atoms with E-state index in [1.165, 1.54) is 0 Å². The van der Waals surface area contributed by atoms with Crippen molar-refractivity contribution in [2.45, 2.75) is 20.0 Å². The first-order valence-electron chi connectivity index (χ1n) is 4.84. The van der Waals surface area contributed by atoms with Crippen LogP contribution in [0.5, 0.6) is 0 Å². The Kier molecular flexibility index (Phi) is 4.39. The number of hydrogen-bond acceptors (Lipinski definition) is 3. The number of aryl methyl sites for hydroxylation is 2. The molecule has 0 aliphatic heterocycles. The average Bonchev–Trinajstić information content (AvgIpc) is 2.15. The van der Waals surface area contributed by atoms with Crippen molar-refractivity contribution in [3.63, 3.8) is 0 Å². The third-order valence-corrected chi connectivity index (χ3v) is 2.46. The molecule has 0 saturated carbocycles. The average molecular weight is 230 g/mol. The lowest BCUT2D eigenvalue weighted by molar-refractivity contribution is 0.105. The van der Waals surface area contributed by atoms with Crippen molar-refractivity contribution in [2.75, 3.05) is 18.5 Å². The minimum absolute atomic E-state index is 0.254. The monoisotopic (exact) mass is 229 g/mol. The van der Waals surface area contributed by atoms with Crippen molar-refractivity contribution in [1.29, 1.82) is 0 Å². The highest BCUT2D eigenvalue weighted by molar-refractivity contribution is 6.33. The van der Waals surface area contributed by atoms with E-state index in [0.717, 1.165) is 16.8 Å². The summed E-state index contributed by atoms with van der Waals surface area (Å²) in [5, 5.41) is 21.5. The lowest BCUT2D eigenvalue weighted by Crippen LogP contribution is -2.23. The summed E-state index contributed by atoms with van der Waals surface area (Å²) in [5.41, 5.74) is 2.95. The normalized spacial score (nSPS) is 12.6. The van der Waals surface area contributed by atoms with E-state index in [1.54, 1.807) is 0 Å². The molecule has 0 aliphatic rings. The molecule has 3 N–H and O–H groups in total. The van der Waals surface area contributed by atoms with Crippen LogP contribution in [0.15, 0.2) is 12.1 Å². The van der Waals surface area contributed by atoms with Crippen LogP contribution in [0.3, 0.4) is 0 Å². The Balaban J connectivity index is 2.77. The van der Waals surface area contributed by atoms with Gasteiger partial charge in [-0.05, 0) is 31.0 Å². The summed E-state index contributed by atoms with van der Waals surface area (Å²) in [4.78, 5) is 0. The molecule has 0 radical (unpaired) electrons. The molecule has 0 aliphatic carbocycles. The number of anilines is 1.